The average molecular weight is 169 g/mol. The molecule has 0 bridgehead atoms. The van der Waals surface area contributed by atoms with Crippen LogP contribution < -0.4 is 5.32 Å². The number of hydrogen-bond donors (Lipinski definition) is 1. The summed E-state index contributed by atoms with van der Waals surface area (Å²) in [6.07, 6.45) is 10.0. The largest absolute Gasteiger partial charge is 0.317 e. The van der Waals surface area contributed by atoms with Gasteiger partial charge in [0.1, 0.15) is 0 Å². The van der Waals surface area contributed by atoms with E-state index in [4.69, 9.17) is 0 Å². The van der Waals surface area contributed by atoms with Crippen LogP contribution in [0.15, 0.2) is 0 Å². The Hall–Kier alpha value is -0.0400. The lowest BCUT2D eigenvalue weighted by molar-refractivity contribution is 0.288. The molecule has 0 unspecified atom stereocenters. The molecule has 72 valence electrons. The van der Waals surface area contributed by atoms with Crippen molar-refractivity contribution < 1.29 is 0 Å². The zero-order valence-electron chi connectivity index (χ0n) is 8.44. The highest BCUT2D eigenvalue weighted by molar-refractivity contribution is 4.69. The molecule has 1 saturated carbocycles. The monoisotopic (exact) mass is 169 g/mol. The molecule has 1 N–H and O–H groups in total. The van der Waals surface area contributed by atoms with Gasteiger partial charge in [-0.1, -0.05) is 32.6 Å². The fraction of sp³-hybridized carbons (Fsp3) is 1.00. The van der Waals surface area contributed by atoms with Gasteiger partial charge < -0.3 is 5.32 Å². The highest BCUT2D eigenvalue weighted by atomic mass is 14.8. The van der Waals surface area contributed by atoms with Crippen LogP contribution in [0.25, 0.3) is 0 Å². The van der Waals surface area contributed by atoms with Gasteiger partial charge in [0.05, 0.1) is 0 Å². The molecule has 0 heterocycles. The molecule has 1 rings (SSSR count). The van der Waals surface area contributed by atoms with E-state index in [1.54, 1.807) is 0 Å². The molecule has 0 aromatic carbocycles. The van der Waals surface area contributed by atoms with Crippen LogP contribution in [0.4, 0.5) is 0 Å². The molecule has 0 amide bonds. The maximum Gasteiger partial charge on any atom is -0.00488 e. The predicted octanol–water partition coefficient (Wildman–Crippen LogP) is 2.96. The Morgan fingerprint density at radius 2 is 1.92 bits per heavy atom. The van der Waals surface area contributed by atoms with Crippen LogP contribution in [0.2, 0.25) is 0 Å². The quantitative estimate of drug-likeness (QED) is 0.578. The van der Waals surface area contributed by atoms with Crippen molar-refractivity contribution >= 4 is 0 Å². The van der Waals surface area contributed by atoms with E-state index in [0.29, 0.717) is 0 Å². The lowest BCUT2D eigenvalue weighted by atomic mass is 9.82. The second-order valence-electron chi connectivity index (χ2n) is 4.04. The van der Waals surface area contributed by atoms with Crippen molar-refractivity contribution in [2.75, 3.05) is 13.1 Å². The van der Waals surface area contributed by atoms with Crippen molar-refractivity contribution in [3.8, 4) is 0 Å². The first-order valence-corrected chi connectivity index (χ1v) is 5.64. The van der Waals surface area contributed by atoms with Crippen molar-refractivity contribution in [2.24, 2.45) is 5.92 Å². The van der Waals surface area contributed by atoms with E-state index in [9.17, 15) is 0 Å². The number of nitrogens with one attached hydrogen (secondary N) is 1. The molecule has 12 heavy (non-hydrogen) atoms. The molecule has 1 aliphatic carbocycles. The van der Waals surface area contributed by atoms with Gasteiger partial charge in [0.2, 0.25) is 0 Å². The summed E-state index contributed by atoms with van der Waals surface area (Å²) in [7, 11) is 0. The van der Waals surface area contributed by atoms with Gasteiger partial charge in [-0.25, -0.2) is 0 Å². The summed E-state index contributed by atoms with van der Waals surface area (Å²) < 4.78 is 0. The Labute approximate surface area is 76.9 Å². The summed E-state index contributed by atoms with van der Waals surface area (Å²) in [4.78, 5) is 0. The molecule has 0 aliphatic heterocycles. The maximum absolute atomic E-state index is 3.49. The minimum Gasteiger partial charge on any atom is -0.317 e. The number of hydrogen-bond acceptors (Lipinski definition) is 1. The summed E-state index contributed by atoms with van der Waals surface area (Å²) in [5.41, 5.74) is 0. The highest BCUT2D eigenvalue weighted by Crippen LogP contribution is 2.29. The third-order valence-electron chi connectivity index (χ3n) is 2.90. The van der Waals surface area contributed by atoms with Crippen LogP contribution in [-0.4, -0.2) is 13.1 Å². The molecule has 0 saturated heterocycles. The Morgan fingerprint density at radius 3 is 2.50 bits per heavy atom. The van der Waals surface area contributed by atoms with Gasteiger partial charge in [-0.05, 0) is 38.3 Å². The zero-order chi connectivity index (χ0) is 8.65. The molecule has 1 heteroatoms. The van der Waals surface area contributed by atoms with Crippen LogP contribution >= 0.6 is 0 Å². The maximum atomic E-state index is 3.49. The number of rotatable bonds is 7. The fourth-order valence-corrected chi connectivity index (χ4v) is 1.72. The summed E-state index contributed by atoms with van der Waals surface area (Å²) in [5.74, 6) is 1.10. The Balaban J connectivity index is 1.70. The molecule has 1 fully saturated rings. The lowest BCUT2D eigenvalue weighted by Gasteiger charge is -2.25. The van der Waals surface area contributed by atoms with Gasteiger partial charge in [0.15, 0.2) is 0 Å². The van der Waals surface area contributed by atoms with Crippen molar-refractivity contribution in [3.05, 3.63) is 0 Å². The molecule has 0 spiro atoms. The van der Waals surface area contributed by atoms with Crippen LogP contribution in [0, 0.1) is 5.92 Å². The van der Waals surface area contributed by atoms with E-state index < -0.39 is 0 Å². The molecular formula is C11H23N. The molecular weight excluding hydrogens is 146 g/mol. The Morgan fingerprint density at radius 1 is 1.17 bits per heavy atom. The van der Waals surface area contributed by atoms with E-state index >= 15 is 0 Å². The van der Waals surface area contributed by atoms with Gasteiger partial charge in [0, 0.05) is 0 Å². The molecule has 1 nitrogen and oxygen atoms in total. The third kappa shape index (κ3) is 4.10. The van der Waals surface area contributed by atoms with E-state index in [0.717, 1.165) is 5.92 Å². The zero-order valence-corrected chi connectivity index (χ0v) is 8.44. The molecule has 0 aromatic rings. The second-order valence-corrected chi connectivity index (χ2v) is 4.04. The van der Waals surface area contributed by atoms with Crippen LogP contribution in [0.3, 0.4) is 0 Å². The SMILES string of the molecule is CCCCNCCCC1CCC1. The van der Waals surface area contributed by atoms with E-state index in [-0.39, 0.29) is 0 Å². The summed E-state index contributed by atoms with van der Waals surface area (Å²) >= 11 is 0. The summed E-state index contributed by atoms with van der Waals surface area (Å²) in [6.45, 7) is 4.72. The van der Waals surface area contributed by atoms with Gasteiger partial charge in [-0.3, -0.25) is 0 Å². The topological polar surface area (TPSA) is 12.0 Å². The smallest absolute Gasteiger partial charge is 0.00488 e. The van der Waals surface area contributed by atoms with E-state index in [1.807, 2.05) is 0 Å². The summed E-state index contributed by atoms with van der Waals surface area (Å²) in [6, 6.07) is 0. The number of unbranched alkanes of at least 4 members (excludes halogenated alkanes) is 1. The standard InChI is InChI=1S/C11H23N/c1-2-3-9-12-10-5-8-11-6-4-7-11/h11-12H,2-10H2,1H3. The molecule has 0 atom stereocenters. The predicted molar refractivity (Wildman–Crippen MR) is 54.4 cm³/mol. The first-order chi connectivity index (χ1) is 5.93. The van der Waals surface area contributed by atoms with Crippen molar-refractivity contribution in [1.29, 1.82) is 0 Å². The first kappa shape index (κ1) is 10.0. The van der Waals surface area contributed by atoms with Gasteiger partial charge >= 0.3 is 0 Å². The van der Waals surface area contributed by atoms with E-state index in [2.05, 4.69) is 12.2 Å². The normalized spacial score (nSPS) is 17.8. The second kappa shape index (κ2) is 6.47. The molecule has 1 aliphatic rings. The van der Waals surface area contributed by atoms with Crippen molar-refractivity contribution in [1.82, 2.24) is 5.32 Å². The third-order valence-corrected chi connectivity index (χ3v) is 2.90. The first-order valence-electron chi connectivity index (χ1n) is 5.64. The highest BCUT2D eigenvalue weighted by Gasteiger charge is 2.15. The molecule has 0 aromatic heterocycles. The average Bonchev–Trinajstić information content (AvgIpc) is 2.00. The van der Waals surface area contributed by atoms with Gasteiger partial charge in [-0.15, -0.1) is 0 Å². The van der Waals surface area contributed by atoms with Crippen LogP contribution in [-0.2, 0) is 0 Å². The van der Waals surface area contributed by atoms with Gasteiger partial charge in [0.25, 0.3) is 0 Å². The van der Waals surface area contributed by atoms with Crippen molar-refractivity contribution in [2.45, 2.75) is 51.9 Å². The lowest BCUT2D eigenvalue weighted by Crippen LogP contribution is -2.19. The Kier molecular flexibility index (Phi) is 5.42. The van der Waals surface area contributed by atoms with Gasteiger partial charge in [-0.2, -0.15) is 0 Å². The van der Waals surface area contributed by atoms with E-state index in [1.165, 1.54) is 58.0 Å². The minimum atomic E-state index is 1.10. The van der Waals surface area contributed by atoms with Crippen LogP contribution in [0.5, 0.6) is 0 Å². The molecule has 0 radical (unpaired) electrons. The minimum absolute atomic E-state index is 1.10. The fourth-order valence-electron chi connectivity index (χ4n) is 1.72. The van der Waals surface area contributed by atoms with Crippen molar-refractivity contribution in [3.63, 3.8) is 0 Å². The summed E-state index contributed by atoms with van der Waals surface area (Å²) in [5, 5.41) is 3.49. The Bertz CT molecular complexity index is 97.2. The van der Waals surface area contributed by atoms with Crippen LogP contribution in [0.1, 0.15) is 51.9 Å².